The van der Waals surface area contributed by atoms with Crippen molar-refractivity contribution in [1.82, 2.24) is 10.6 Å². The fourth-order valence-electron chi connectivity index (χ4n) is 4.60. The second-order valence-electron chi connectivity index (χ2n) is 8.28. The van der Waals surface area contributed by atoms with Crippen LogP contribution in [0.4, 0.5) is 0 Å². The van der Waals surface area contributed by atoms with Gasteiger partial charge in [0.15, 0.2) is 0 Å². The van der Waals surface area contributed by atoms with Crippen molar-refractivity contribution in [3.05, 3.63) is 71.8 Å². The smallest absolute Gasteiger partial charge is 0.307 e. The predicted molar refractivity (Wildman–Crippen MR) is 122 cm³/mol. The van der Waals surface area contributed by atoms with Crippen LogP contribution in [-0.4, -0.2) is 35.1 Å². The number of benzene rings is 3. The maximum Gasteiger partial charge on any atom is 0.307 e. The Kier molecular flexibility index (Phi) is 5.76. The lowest BCUT2D eigenvalue weighted by atomic mass is 9.87. The van der Waals surface area contributed by atoms with Crippen LogP contribution in [0.3, 0.4) is 0 Å². The molecule has 0 aromatic heterocycles. The van der Waals surface area contributed by atoms with Crippen LogP contribution in [-0.2, 0) is 16.0 Å². The van der Waals surface area contributed by atoms with Gasteiger partial charge in [-0.2, -0.15) is 0 Å². The maximum absolute atomic E-state index is 11.9. The molecule has 3 aromatic rings. The highest BCUT2D eigenvalue weighted by Crippen LogP contribution is 2.35. The molecule has 4 unspecified atom stereocenters. The molecule has 0 spiro atoms. The number of primary amides is 1. The summed E-state index contributed by atoms with van der Waals surface area (Å²) in [5.41, 5.74) is 9.62. The molecule has 1 heterocycles. The van der Waals surface area contributed by atoms with Gasteiger partial charge >= 0.3 is 5.97 Å². The van der Waals surface area contributed by atoms with Gasteiger partial charge in [0.25, 0.3) is 0 Å². The molecule has 1 amide bonds. The third-order valence-corrected chi connectivity index (χ3v) is 6.10. The predicted octanol–water partition coefficient (Wildman–Crippen LogP) is 3.00. The number of hydrogen-bond donors (Lipinski definition) is 4. The molecular formula is C25H27N3O3. The fourth-order valence-corrected chi connectivity index (χ4v) is 4.60. The minimum absolute atomic E-state index is 0.0116. The summed E-state index contributed by atoms with van der Waals surface area (Å²) in [6, 6.07) is 19.6. The van der Waals surface area contributed by atoms with Crippen molar-refractivity contribution in [3.8, 4) is 11.1 Å². The van der Waals surface area contributed by atoms with E-state index in [-0.39, 0.29) is 30.5 Å². The SMILES string of the molecule is CC1NC(C)C(c2ccc(-c3ccc(CC(=O)O)cc3)c3ccccc23)NC1C(N)=O. The molecule has 1 saturated heterocycles. The van der Waals surface area contributed by atoms with Gasteiger partial charge in [-0.3, -0.25) is 14.9 Å². The zero-order valence-corrected chi connectivity index (χ0v) is 17.6. The molecule has 0 radical (unpaired) electrons. The maximum atomic E-state index is 11.9. The van der Waals surface area contributed by atoms with Crippen LogP contribution >= 0.6 is 0 Å². The molecule has 4 atom stereocenters. The van der Waals surface area contributed by atoms with Crippen LogP contribution in [0.25, 0.3) is 21.9 Å². The lowest BCUT2D eigenvalue weighted by molar-refractivity contribution is -0.136. The summed E-state index contributed by atoms with van der Waals surface area (Å²) in [7, 11) is 0. The van der Waals surface area contributed by atoms with Crippen molar-refractivity contribution < 1.29 is 14.7 Å². The first kappa shape index (κ1) is 21.0. The Balaban J connectivity index is 1.75. The first-order valence-corrected chi connectivity index (χ1v) is 10.5. The Bertz CT molecular complexity index is 1130. The van der Waals surface area contributed by atoms with Gasteiger partial charge in [-0.25, -0.2) is 0 Å². The van der Waals surface area contributed by atoms with Gasteiger partial charge in [-0.15, -0.1) is 0 Å². The Morgan fingerprint density at radius 3 is 2.23 bits per heavy atom. The minimum Gasteiger partial charge on any atom is -0.481 e. The summed E-state index contributed by atoms with van der Waals surface area (Å²) in [5, 5.41) is 18.1. The summed E-state index contributed by atoms with van der Waals surface area (Å²) in [6.45, 7) is 4.07. The molecule has 1 aliphatic heterocycles. The Hall–Kier alpha value is -3.22. The number of carboxylic acid groups (broad SMARTS) is 1. The van der Waals surface area contributed by atoms with Crippen LogP contribution in [0.5, 0.6) is 0 Å². The zero-order valence-electron chi connectivity index (χ0n) is 17.6. The standard InChI is InChI=1S/C25H27N3O3/c1-14-23(28-24(25(26)31)15(2)27-14)21-12-11-18(19-5-3-4-6-20(19)21)17-9-7-16(8-10-17)13-22(29)30/h3-12,14-15,23-24,27-28H,13H2,1-2H3,(H2,26,31)(H,29,30). The number of amides is 1. The Morgan fingerprint density at radius 2 is 1.58 bits per heavy atom. The van der Waals surface area contributed by atoms with Crippen LogP contribution in [0, 0.1) is 0 Å². The highest BCUT2D eigenvalue weighted by atomic mass is 16.4. The van der Waals surface area contributed by atoms with Gasteiger partial charge in [0.2, 0.25) is 5.91 Å². The average molecular weight is 418 g/mol. The molecule has 4 rings (SSSR count). The topological polar surface area (TPSA) is 104 Å². The van der Waals surface area contributed by atoms with Gasteiger partial charge in [0, 0.05) is 18.1 Å². The van der Waals surface area contributed by atoms with E-state index in [1.165, 1.54) is 0 Å². The number of carbonyl (C=O) groups is 2. The number of carboxylic acids is 1. The molecule has 3 aromatic carbocycles. The van der Waals surface area contributed by atoms with E-state index in [9.17, 15) is 9.59 Å². The number of piperazine rings is 1. The quantitative estimate of drug-likeness (QED) is 0.511. The van der Waals surface area contributed by atoms with Crippen LogP contribution in [0.1, 0.15) is 31.0 Å². The van der Waals surface area contributed by atoms with Gasteiger partial charge < -0.3 is 16.2 Å². The van der Waals surface area contributed by atoms with Crippen LogP contribution in [0.2, 0.25) is 0 Å². The van der Waals surface area contributed by atoms with Crippen molar-refractivity contribution in [3.63, 3.8) is 0 Å². The van der Waals surface area contributed by atoms with E-state index in [2.05, 4.69) is 41.8 Å². The van der Waals surface area contributed by atoms with Crippen molar-refractivity contribution >= 4 is 22.6 Å². The molecule has 1 fully saturated rings. The number of aliphatic carboxylic acids is 1. The third-order valence-electron chi connectivity index (χ3n) is 6.10. The van der Waals surface area contributed by atoms with Gasteiger partial charge in [-0.1, -0.05) is 60.7 Å². The second-order valence-corrected chi connectivity index (χ2v) is 8.28. The van der Waals surface area contributed by atoms with E-state index in [0.29, 0.717) is 0 Å². The summed E-state index contributed by atoms with van der Waals surface area (Å²) in [6.07, 6.45) is 0.0116. The molecule has 160 valence electrons. The molecular weight excluding hydrogens is 390 g/mol. The number of fused-ring (bicyclic) bond motifs is 1. The van der Waals surface area contributed by atoms with Crippen molar-refractivity contribution in [1.29, 1.82) is 0 Å². The number of carbonyl (C=O) groups excluding carboxylic acids is 1. The molecule has 0 bridgehead atoms. The number of hydrogen-bond acceptors (Lipinski definition) is 4. The van der Waals surface area contributed by atoms with E-state index in [1.54, 1.807) is 0 Å². The largest absolute Gasteiger partial charge is 0.481 e. The average Bonchev–Trinajstić information content (AvgIpc) is 2.73. The summed E-state index contributed by atoms with van der Waals surface area (Å²) in [5.74, 6) is -1.20. The van der Waals surface area contributed by atoms with Crippen LogP contribution in [0.15, 0.2) is 60.7 Å². The second kappa shape index (κ2) is 8.49. The Labute approximate surface area is 181 Å². The molecule has 31 heavy (non-hydrogen) atoms. The van der Waals surface area contributed by atoms with Crippen molar-refractivity contribution in [2.24, 2.45) is 5.73 Å². The van der Waals surface area contributed by atoms with Crippen molar-refractivity contribution in [2.75, 3.05) is 0 Å². The molecule has 0 saturated carbocycles. The molecule has 1 aliphatic rings. The number of rotatable bonds is 5. The summed E-state index contributed by atoms with van der Waals surface area (Å²) >= 11 is 0. The molecule has 5 N–H and O–H groups in total. The highest BCUT2D eigenvalue weighted by Gasteiger charge is 2.36. The number of nitrogens with one attached hydrogen (secondary N) is 2. The lowest BCUT2D eigenvalue weighted by Crippen LogP contribution is -2.64. The normalized spacial score (nSPS) is 23.5. The van der Waals surface area contributed by atoms with Crippen molar-refractivity contribution in [2.45, 2.75) is 44.4 Å². The number of nitrogens with two attached hydrogens (primary N) is 1. The van der Waals surface area contributed by atoms with E-state index >= 15 is 0 Å². The zero-order chi connectivity index (χ0) is 22.1. The van der Waals surface area contributed by atoms with E-state index < -0.39 is 12.0 Å². The first-order valence-electron chi connectivity index (χ1n) is 10.5. The van der Waals surface area contributed by atoms with E-state index in [0.717, 1.165) is 33.0 Å². The lowest BCUT2D eigenvalue weighted by Gasteiger charge is -2.40. The molecule has 0 aliphatic carbocycles. The van der Waals surface area contributed by atoms with E-state index in [1.807, 2.05) is 43.3 Å². The summed E-state index contributed by atoms with van der Waals surface area (Å²) in [4.78, 5) is 22.9. The molecule has 6 nitrogen and oxygen atoms in total. The first-order chi connectivity index (χ1) is 14.8. The van der Waals surface area contributed by atoms with Gasteiger partial charge in [-0.05, 0) is 46.9 Å². The molecule has 6 heteroatoms. The third kappa shape index (κ3) is 4.17. The summed E-state index contributed by atoms with van der Waals surface area (Å²) < 4.78 is 0. The fraction of sp³-hybridized carbons (Fsp3) is 0.280. The Morgan fingerprint density at radius 1 is 0.903 bits per heavy atom. The van der Waals surface area contributed by atoms with Gasteiger partial charge in [0.05, 0.1) is 6.42 Å². The van der Waals surface area contributed by atoms with E-state index in [4.69, 9.17) is 10.8 Å². The van der Waals surface area contributed by atoms with Gasteiger partial charge in [0.1, 0.15) is 6.04 Å². The highest BCUT2D eigenvalue weighted by molar-refractivity contribution is 5.99. The minimum atomic E-state index is -0.839. The monoisotopic (exact) mass is 417 g/mol. The van der Waals surface area contributed by atoms with Crippen LogP contribution < -0.4 is 16.4 Å².